The van der Waals surface area contributed by atoms with Gasteiger partial charge in [0.25, 0.3) is 5.91 Å². The zero-order chi connectivity index (χ0) is 15.8. The maximum absolute atomic E-state index is 12.4. The Bertz CT molecular complexity index is 860. The van der Waals surface area contributed by atoms with E-state index in [0.717, 1.165) is 11.3 Å². The number of rotatable bonds is 2. The summed E-state index contributed by atoms with van der Waals surface area (Å²) in [6.07, 6.45) is 0.913. The van der Waals surface area contributed by atoms with Gasteiger partial charge in [-0.3, -0.25) is 15.1 Å². The summed E-state index contributed by atoms with van der Waals surface area (Å²) < 4.78 is 0. The molecule has 0 unspecified atom stereocenters. The zero-order valence-corrected chi connectivity index (χ0v) is 12.1. The molecule has 0 saturated heterocycles. The van der Waals surface area contributed by atoms with E-state index in [-0.39, 0.29) is 0 Å². The molecule has 6 heteroatoms. The molecule has 6 nitrogen and oxygen atoms in total. The average molecular weight is 306 g/mol. The van der Waals surface area contributed by atoms with Crippen LogP contribution in [0.25, 0.3) is 11.3 Å². The number of H-pyrrole nitrogens is 1. The van der Waals surface area contributed by atoms with E-state index in [1.54, 1.807) is 18.3 Å². The fourth-order valence-corrected chi connectivity index (χ4v) is 2.79. The Balaban J connectivity index is 1.78. The first-order valence-electron chi connectivity index (χ1n) is 7.22. The summed E-state index contributed by atoms with van der Waals surface area (Å²) in [7, 11) is 0. The molecule has 1 amide bonds. The first-order valence-corrected chi connectivity index (χ1v) is 7.22. The summed E-state index contributed by atoms with van der Waals surface area (Å²) in [5, 5.41) is 21.2. The number of hydrogen-bond donors (Lipinski definition) is 3. The van der Waals surface area contributed by atoms with Crippen LogP contribution in [0.4, 0.5) is 5.69 Å². The normalized spacial score (nSPS) is 16.8. The fourth-order valence-electron chi connectivity index (χ4n) is 2.79. The Hall–Kier alpha value is -3.12. The Labute approximate surface area is 132 Å². The van der Waals surface area contributed by atoms with Crippen LogP contribution in [0.5, 0.6) is 0 Å². The van der Waals surface area contributed by atoms with E-state index in [0.29, 0.717) is 21.9 Å². The molecule has 0 aliphatic carbocycles. The number of aromatic nitrogens is 2. The molecule has 2 aromatic carbocycles. The summed E-state index contributed by atoms with van der Waals surface area (Å²) in [6.45, 7) is 0. The molecule has 114 valence electrons. The van der Waals surface area contributed by atoms with E-state index in [1.807, 2.05) is 42.5 Å². The van der Waals surface area contributed by atoms with Crippen molar-refractivity contribution in [3.8, 4) is 11.3 Å². The first kappa shape index (κ1) is 13.5. The molecule has 0 fully saturated rings. The highest BCUT2D eigenvalue weighted by atomic mass is 16.5. The van der Waals surface area contributed by atoms with Crippen LogP contribution >= 0.6 is 0 Å². The summed E-state index contributed by atoms with van der Waals surface area (Å²) >= 11 is 0. The minimum absolute atomic E-state index is 0.440. The van der Waals surface area contributed by atoms with Crippen molar-refractivity contribution in [3.05, 3.63) is 71.9 Å². The molecule has 23 heavy (non-hydrogen) atoms. The van der Waals surface area contributed by atoms with Crippen molar-refractivity contribution >= 4 is 11.6 Å². The van der Waals surface area contributed by atoms with Crippen molar-refractivity contribution < 1.29 is 10.0 Å². The molecule has 0 bridgehead atoms. The van der Waals surface area contributed by atoms with Gasteiger partial charge >= 0.3 is 0 Å². The second-order valence-corrected chi connectivity index (χ2v) is 5.31. The van der Waals surface area contributed by atoms with E-state index >= 15 is 0 Å². The standard InChI is InChI=1S/C17H14N4O2/c22-17-12-8-4-5-9-14(12)19-16(21(17)23)13-10-18-20-15(13)11-6-2-1-3-7-11/h1-10,16,19,23H,(H,18,20)/t16-/m0/s1. The molecular formula is C17H14N4O2. The summed E-state index contributed by atoms with van der Waals surface area (Å²) in [5.74, 6) is -0.440. The SMILES string of the molecule is O=C1c2ccccc2N[C@H](c2cn[nH]c2-c2ccccc2)N1O. The number of benzene rings is 2. The number of aromatic amines is 1. The van der Waals surface area contributed by atoms with Gasteiger partial charge in [-0.05, 0) is 17.7 Å². The number of carbonyl (C=O) groups excluding carboxylic acids is 1. The summed E-state index contributed by atoms with van der Waals surface area (Å²) in [6, 6.07) is 16.8. The number of fused-ring (bicyclic) bond motifs is 1. The van der Waals surface area contributed by atoms with Gasteiger partial charge in [0.1, 0.15) is 0 Å². The molecular weight excluding hydrogens is 292 g/mol. The van der Waals surface area contributed by atoms with Crippen molar-refractivity contribution in [2.45, 2.75) is 6.17 Å². The lowest BCUT2D eigenvalue weighted by atomic mass is 10.0. The molecule has 0 radical (unpaired) electrons. The van der Waals surface area contributed by atoms with Crippen molar-refractivity contribution in [3.63, 3.8) is 0 Å². The van der Waals surface area contributed by atoms with E-state index in [1.165, 1.54) is 0 Å². The number of hydrogen-bond acceptors (Lipinski definition) is 4. The summed E-state index contributed by atoms with van der Waals surface area (Å²) in [5.41, 5.74) is 3.52. The van der Waals surface area contributed by atoms with Gasteiger partial charge in [0.2, 0.25) is 0 Å². The van der Waals surface area contributed by atoms with Gasteiger partial charge in [-0.15, -0.1) is 0 Å². The topological polar surface area (TPSA) is 81.2 Å². The van der Waals surface area contributed by atoms with Crippen LogP contribution in [0.1, 0.15) is 22.1 Å². The number of hydroxylamine groups is 2. The molecule has 1 atom stereocenters. The van der Waals surface area contributed by atoms with Gasteiger partial charge < -0.3 is 5.32 Å². The van der Waals surface area contributed by atoms with Gasteiger partial charge in [-0.25, -0.2) is 0 Å². The van der Waals surface area contributed by atoms with Gasteiger partial charge in [0, 0.05) is 11.3 Å². The van der Waals surface area contributed by atoms with E-state index in [9.17, 15) is 10.0 Å². The second-order valence-electron chi connectivity index (χ2n) is 5.31. The van der Waals surface area contributed by atoms with Crippen LogP contribution < -0.4 is 5.32 Å². The van der Waals surface area contributed by atoms with Crippen molar-refractivity contribution in [2.75, 3.05) is 5.32 Å². The number of anilines is 1. The summed E-state index contributed by atoms with van der Waals surface area (Å²) in [4.78, 5) is 12.4. The molecule has 1 aliphatic rings. The smallest absolute Gasteiger partial charge is 0.281 e. The first-order chi connectivity index (χ1) is 11.3. The van der Waals surface area contributed by atoms with Gasteiger partial charge in [-0.1, -0.05) is 42.5 Å². The maximum Gasteiger partial charge on any atom is 0.281 e. The van der Waals surface area contributed by atoms with Crippen LogP contribution in [0.2, 0.25) is 0 Å². The van der Waals surface area contributed by atoms with E-state index in [2.05, 4.69) is 15.5 Å². The minimum atomic E-state index is -0.702. The average Bonchev–Trinajstić information content (AvgIpc) is 3.08. The lowest BCUT2D eigenvalue weighted by Gasteiger charge is -2.33. The Morgan fingerprint density at radius 3 is 2.61 bits per heavy atom. The van der Waals surface area contributed by atoms with Crippen molar-refractivity contribution in [1.82, 2.24) is 15.3 Å². The highest BCUT2D eigenvalue weighted by molar-refractivity contribution is 6.01. The highest BCUT2D eigenvalue weighted by Gasteiger charge is 2.34. The lowest BCUT2D eigenvalue weighted by Crippen LogP contribution is -2.40. The largest absolute Gasteiger partial charge is 0.359 e. The van der Waals surface area contributed by atoms with Crippen LogP contribution in [0.15, 0.2) is 60.8 Å². The molecule has 1 aromatic heterocycles. The lowest BCUT2D eigenvalue weighted by molar-refractivity contribution is -0.0850. The van der Waals surface area contributed by atoms with Gasteiger partial charge in [-0.2, -0.15) is 10.2 Å². The molecule has 1 aliphatic heterocycles. The third-order valence-corrected chi connectivity index (χ3v) is 3.93. The maximum atomic E-state index is 12.4. The minimum Gasteiger partial charge on any atom is -0.359 e. The van der Waals surface area contributed by atoms with Gasteiger partial charge in [0.05, 0.1) is 17.5 Å². The molecule has 3 N–H and O–H groups in total. The van der Waals surface area contributed by atoms with E-state index in [4.69, 9.17) is 0 Å². The number of nitrogens with one attached hydrogen (secondary N) is 2. The Morgan fingerprint density at radius 1 is 1.04 bits per heavy atom. The van der Waals surface area contributed by atoms with Crippen LogP contribution in [-0.4, -0.2) is 26.4 Å². The monoisotopic (exact) mass is 306 g/mol. The van der Waals surface area contributed by atoms with Crippen LogP contribution in [0, 0.1) is 0 Å². The van der Waals surface area contributed by atoms with Gasteiger partial charge in [0.15, 0.2) is 6.17 Å². The van der Waals surface area contributed by atoms with Crippen molar-refractivity contribution in [1.29, 1.82) is 0 Å². The molecule has 2 heterocycles. The van der Waals surface area contributed by atoms with E-state index < -0.39 is 12.1 Å². The predicted molar refractivity (Wildman–Crippen MR) is 84.8 cm³/mol. The zero-order valence-electron chi connectivity index (χ0n) is 12.1. The molecule has 4 rings (SSSR count). The Kier molecular flexibility index (Phi) is 3.09. The van der Waals surface area contributed by atoms with Crippen molar-refractivity contribution in [2.24, 2.45) is 0 Å². The number of para-hydroxylation sites is 1. The third-order valence-electron chi connectivity index (χ3n) is 3.93. The molecule has 3 aromatic rings. The quantitative estimate of drug-likeness (QED) is 0.636. The number of amides is 1. The molecule has 0 saturated carbocycles. The second kappa shape index (κ2) is 5.26. The highest BCUT2D eigenvalue weighted by Crippen LogP contribution is 2.35. The number of carbonyl (C=O) groups is 1. The molecule has 0 spiro atoms. The third kappa shape index (κ3) is 2.16. The predicted octanol–water partition coefficient (Wildman–Crippen LogP) is 3.03. The fraction of sp³-hybridized carbons (Fsp3) is 0.0588. The van der Waals surface area contributed by atoms with Crippen LogP contribution in [-0.2, 0) is 0 Å². The van der Waals surface area contributed by atoms with Crippen LogP contribution in [0.3, 0.4) is 0 Å². The number of nitrogens with zero attached hydrogens (tertiary/aromatic N) is 2. The Morgan fingerprint density at radius 2 is 1.78 bits per heavy atom.